The second kappa shape index (κ2) is 11.7. The van der Waals surface area contributed by atoms with Crippen LogP contribution in [0.15, 0.2) is 71.4 Å². The summed E-state index contributed by atoms with van der Waals surface area (Å²) in [4.78, 5) is 23.6. The van der Waals surface area contributed by atoms with Crippen molar-refractivity contribution in [2.45, 2.75) is 26.1 Å². The van der Waals surface area contributed by atoms with Crippen LogP contribution in [0, 0.1) is 11.3 Å². The van der Waals surface area contributed by atoms with Crippen LogP contribution >= 0.6 is 0 Å². The van der Waals surface area contributed by atoms with E-state index in [0.29, 0.717) is 24.0 Å². The molecule has 0 aliphatic carbocycles. The Morgan fingerprint density at radius 2 is 1.60 bits per heavy atom. The largest absolute Gasteiger partial charge is 0.422 e. The van der Waals surface area contributed by atoms with Gasteiger partial charge in [0.2, 0.25) is 6.29 Å². The Morgan fingerprint density at radius 1 is 1.03 bits per heavy atom. The molecule has 0 bridgehead atoms. The molecule has 7 nitrogen and oxygen atoms in total. The van der Waals surface area contributed by atoms with Crippen LogP contribution in [0.1, 0.15) is 46.8 Å². The lowest BCUT2D eigenvalue weighted by Crippen LogP contribution is -2.23. The average molecular weight is 403 g/mol. The van der Waals surface area contributed by atoms with Crippen molar-refractivity contribution in [3.05, 3.63) is 83.4 Å². The lowest BCUT2D eigenvalue weighted by atomic mass is 10.1. The van der Waals surface area contributed by atoms with Crippen LogP contribution < -0.4 is 0 Å². The first kappa shape index (κ1) is 22.2. The van der Waals surface area contributed by atoms with Crippen molar-refractivity contribution in [1.29, 1.82) is 5.26 Å². The molecular formula is C23H21N3O4. The van der Waals surface area contributed by atoms with Gasteiger partial charge in [-0.3, -0.25) is 0 Å². The number of benzene rings is 2. The predicted octanol–water partition coefficient (Wildman–Crippen LogP) is 4.02. The highest BCUT2D eigenvalue weighted by atomic mass is 16.7. The van der Waals surface area contributed by atoms with Crippen molar-refractivity contribution in [1.82, 2.24) is 0 Å². The first-order valence-electron chi connectivity index (χ1n) is 9.26. The molecule has 0 spiro atoms. The quantitative estimate of drug-likeness (QED) is 0.207. The molecule has 0 saturated carbocycles. The number of carbonyl (C=O) groups is 2. The number of rotatable bonds is 9. The smallest absolute Gasteiger partial charge is 0.341 e. The Kier molecular flexibility index (Phi) is 8.69. The van der Waals surface area contributed by atoms with E-state index < -0.39 is 18.2 Å². The summed E-state index contributed by atoms with van der Waals surface area (Å²) in [6.45, 7) is 5.22. The van der Waals surface area contributed by atoms with Crippen molar-refractivity contribution >= 4 is 24.4 Å². The molecule has 0 aromatic heterocycles. The molecule has 2 aromatic rings. The zero-order valence-electron chi connectivity index (χ0n) is 16.5. The Balaban J connectivity index is 1.94. The summed E-state index contributed by atoms with van der Waals surface area (Å²) in [5.74, 6) is -1.23. The van der Waals surface area contributed by atoms with Gasteiger partial charge in [-0.25, -0.2) is 9.59 Å². The van der Waals surface area contributed by atoms with Crippen LogP contribution in [0.5, 0.6) is 0 Å². The molecule has 0 aliphatic heterocycles. The minimum atomic E-state index is -0.953. The number of nitriles is 1. The number of nitrogens with zero attached hydrogens (tertiary/aromatic N) is 3. The summed E-state index contributed by atoms with van der Waals surface area (Å²) in [5, 5.41) is 16.7. The normalized spacial score (nSPS) is 11.7. The Morgan fingerprint density at radius 3 is 2.10 bits per heavy atom. The van der Waals surface area contributed by atoms with Crippen molar-refractivity contribution in [3.63, 3.8) is 0 Å². The Hall–Kier alpha value is -4.05. The number of esters is 2. The van der Waals surface area contributed by atoms with E-state index in [1.54, 1.807) is 61.0 Å². The third kappa shape index (κ3) is 7.17. The van der Waals surface area contributed by atoms with Gasteiger partial charge in [0.05, 0.1) is 29.6 Å². The van der Waals surface area contributed by atoms with Crippen molar-refractivity contribution in [2.75, 3.05) is 0 Å². The summed E-state index contributed by atoms with van der Waals surface area (Å²) in [6.07, 6.45) is 4.26. The number of hydrogen-bond donors (Lipinski definition) is 0. The SMILES string of the molecule is C=CC(=O)OC(CCC)OC(=O)c1ccc(/C=N/N=C/c2ccc(C#N)cc2)cc1. The molecule has 0 saturated heterocycles. The van der Waals surface area contributed by atoms with Crippen LogP contribution in [0.4, 0.5) is 0 Å². The molecule has 1 unspecified atom stereocenters. The highest BCUT2D eigenvalue weighted by Gasteiger charge is 2.18. The molecule has 0 heterocycles. The number of carbonyl (C=O) groups excluding carboxylic acids is 2. The fourth-order valence-corrected chi connectivity index (χ4v) is 2.29. The second-order valence-corrected chi connectivity index (χ2v) is 6.11. The van der Waals surface area contributed by atoms with Gasteiger partial charge in [-0.05, 0) is 41.8 Å². The average Bonchev–Trinajstić information content (AvgIpc) is 2.77. The van der Waals surface area contributed by atoms with Crippen molar-refractivity contribution < 1.29 is 19.1 Å². The van der Waals surface area contributed by atoms with E-state index in [1.807, 2.05) is 13.0 Å². The minimum absolute atomic E-state index is 0.323. The molecule has 0 aliphatic rings. The summed E-state index contributed by atoms with van der Waals surface area (Å²) in [7, 11) is 0. The van der Waals surface area contributed by atoms with Crippen molar-refractivity contribution in [2.24, 2.45) is 10.2 Å². The fourth-order valence-electron chi connectivity index (χ4n) is 2.29. The molecule has 0 radical (unpaired) electrons. The lowest BCUT2D eigenvalue weighted by Gasteiger charge is -2.16. The maximum Gasteiger partial charge on any atom is 0.341 e. The number of ether oxygens (including phenoxy) is 2. The van der Waals surface area contributed by atoms with Crippen molar-refractivity contribution in [3.8, 4) is 6.07 Å². The van der Waals surface area contributed by atoms with Gasteiger partial charge in [0.15, 0.2) is 0 Å². The van der Waals surface area contributed by atoms with Crippen LogP contribution in [-0.4, -0.2) is 30.7 Å². The predicted molar refractivity (Wildman–Crippen MR) is 113 cm³/mol. The topological polar surface area (TPSA) is 101 Å². The van der Waals surface area contributed by atoms with Gasteiger partial charge in [0.1, 0.15) is 0 Å². The summed E-state index contributed by atoms with van der Waals surface area (Å²) in [5.41, 5.74) is 2.47. The van der Waals surface area contributed by atoms with Gasteiger partial charge in [0.25, 0.3) is 0 Å². The van der Waals surface area contributed by atoms with Gasteiger partial charge in [0, 0.05) is 12.5 Å². The highest BCUT2D eigenvalue weighted by Crippen LogP contribution is 2.11. The Bertz CT molecular complexity index is 971. The third-order valence-electron chi connectivity index (χ3n) is 3.84. The van der Waals surface area contributed by atoms with E-state index in [1.165, 1.54) is 0 Å². The molecule has 30 heavy (non-hydrogen) atoms. The van der Waals surface area contributed by atoms with Gasteiger partial charge < -0.3 is 9.47 Å². The zero-order chi connectivity index (χ0) is 21.8. The van der Waals surface area contributed by atoms with E-state index in [0.717, 1.165) is 17.2 Å². The molecule has 7 heteroatoms. The first-order valence-corrected chi connectivity index (χ1v) is 9.26. The molecule has 152 valence electrons. The maximum absolute atomic E-state index is 12.3. The van der Waals surface area contributed by atoms with Gasteiger partial charge >= 0.3 is 11.9 Å². The highest BCUT2D eigenvalue weighted by molar-refractivity contribution is 5.91. The van der Waals surface area contributed by atoms with E-state index in [-0.39, 0.29) is 0 Å². The van der Waals surface area contributed by atoms with E-state index >= 15 is 0 Å². The van der Waals surface area contributed by atoms with Gasteiger partial charge in [-0.15, -0.1) is 0 Å². The number of hydrogen-bond acceptors (Lipinski definition) is 7. The summed E-state index contributed by atoms with van der Waals surface area (Å²) in [6, 6.07) is 15.6. The van der Waals surface area contributed by atoms with Crippen LogP contribution in [-0.2, 0) is 14.3 Å². The molecule has 0 fully saturated rings. The van der Waals surface area contributed by atoms with Crippen LogP contribution in [0.2, 0.25) is 0 Å². The van der Waals surface area contributed by atoms with Crippen LogP contribution in [0.25, 0.3) is 0 Å². The molecule has 0 amide bonds. The Labute approximate surface area is 175 Å². The summed E-state index contributed by atoms with van der Waals surface area (Å²) >= 11 is 0. The zero-order valence-corrected chi connectivity index (χ0v) is 16.5. The molecule has 2 aromatic carbocycles. The lowest BCUT2D eigenvalue weighted by molar-refractivity contribution is -0.163. The first-order chi connectivity index (χ1) is 14.5. The van der Waals surface area contributed by atoms with Gasteiger partial charge in [-0.2, -0.15) is 15.5 Å². The van der Waals surface area contributed by atoms with E-state index in [9.17, 15) is 9.59 Å². The van der Waals surface area contributed by atoms with E-state index in [2.05, 4.69) is 16.8 Å². The monoisotopic (exact) mass is 403 g/mol. The molecular weight excluding hydrogens is 382 g/mol. The van der Waals surface area contributed by atoms with Gasteiger partial charge in [-0.1, -0.05) is 37.8 Å². The van der Waals surface area contributed by atoms with Crippen LogP contribution in [0.3, 0.4) is 0 Å². The second-order valence-electron chi connectivity index (χ2n) is 6.11. The molecule has 0 N–H and O–H groups in total. The summed E-state index contributed by atoms with van der Waals surface area (Å²) < 4.78 is 10.3. The fraction of sp³-hybridized carbons (Fsp3) is 0.174. The molecule has 1 atom stereocenters. The van der Waals surface area contributed by atoms with E-state index in [4.69, 9.17) is 14.7 Å². The molecule has 2 rings (SSSR count). The standard InChI is InChI=1S/C23H21N3O4/c1-3-5-22(29-21(27)4-2)30-23(28)20-12-10-19(11-13-20)16-26-25-15-18-8-6-17(14-24)7-9-18/h4,6-13,15-16,22H,2-3,5H2,1H3/b25-15+,26-16+. The third-order valence-corrected chi connectivity index (χ3v) is 3.84. The maximum atomic E-state index is 12.3. The minimum Gasteiger partial charge on any atom is -0.422 e.